The zero-order valence-corrected chi connectivity index (χ0v) is 28.6. The van der Waals surface area contributed by atoms with E-state index in [9.17, 15) is 26.4 Å². The number of hydrogen-bond acceptors (Lipinski definition) is 9. The van der Waals surface area contributed by atoms with Gasteiger partial charge >= 0.3 is 0 Å². The van der Waals surface area contributed by atoms with E-state index in [0.29, 0.717) is 0 Å². The van der Waals surface area contributed by atoms with Crippen molar-refractivity contribution in [1.82, 2.24) is 34.4 Å². The van der Waals surface area contributed by atoms with Crippen LogP contribution in [-0.2, 0) is 29.6 Å². The van der Waals surface area contributed by atoms with Crippen LogP contribution >= 0.6 is 0 Å². The second-order valence-corrected chi connectivity index (χ2v) is 12.3. The Morgan fingerprint density at radius 2 is 0.892 bits per heavy atom. The average Bonchev–Trinajstić information content (AvgIpc) is 2.73. The summed E-state index contributed by atoms with van der Waals surface area (Å²) in [6.45, 7) is 9.40. The quantitative estimate of drug-likeness (QED) is 0.397. The summed E-state index contributed by atoms with van der Waals surface area (Å²) < 4.78 is 43.5. The van der Waals surface area contributed by atoms with Crippen LogP contribution < -0.4 is 15.4 Å². The third-order valence-corrected chi connectivity index (χ3v) is 5.07. The van der Waals surface area contributed by atoms with Gasteiger partial charge in [0, 0.05) is 49.1 Å². The van der Waals surface area contributed by atoms with Gasteiger partial charge in [0.05, 0.1) is 12.5 Å². The van der Waals surface area contributed by atoms with Crippen LogP contribution in [0.1, 0.15) is 27.7 Å². The lowest BCUT2D eigenvalue weighted by Gasteiger charge is -2.02. The third-order valence-electron chi connectivity index (χ3n) is 3.00. The van der Waals surface area contributed by atoms with Crippen molar-refractivity contribution in [3.63, 3.8) is 0 Å². The first-order chi connectivity index (χ1) is 16.3. The maximum Gasteiger partial charge on any atom is 0.218 e. The van der Waals surface area contributed by atoms with Crippen molar-refractivity contribution in [3.8, 4) is 0 Å². The van der Waals surface area contributed by atoms with Crippen molar-refractivity contribution in [3.05, 3.63) is 0 Å². The number of hydrogen-bond donors (Lipinski definition) is 3. The highest BCUT2D eigenvalue weighted by Gasteiger charge is 2.01. The van der Waals surface area contributed by atoms with Crippen LogP contribution in [0.4, 0.5) is 0 Å². The molecule has 0 aromatic rings. The van der Waals surface area contributed by atoms with Crippen molar-refractivity contribution in [2.75, 3.05) is 110 Å². The molecule has 0 rings (SSSR count). The van der Waals surface area contributed by atoms with E-state index in [2.05, 4.69) is 48.2 Å². The fourth-order valence-electron chi connectivity index (χ4n) is 0. The predicted molar refractivity (Wildman–Crippen MR) is 160 cm³/mol. The standard InChI is InChI=1S/C4H9NO.C4H11N.C3H9NO2S.C3H7NO.2C3H9N.C2H7NO2S/c1-4(6)5(2)3;1-4-5(2)3;1-4(2)7(3,5)6;1-3(5)4-2;1-4(2)3;1-3-4-2;1-3-6(2,4)5/h1-3H3;4H2,1-3H3;1-3H3;1-2H3,(H,4,5);1-3H3;4H,3H2,1-2H3;3H,1-2H3. The smallest absolute Gasteiger partial charge is 0.218 e. The molecule has 0 aromatic heterocycles. The minimum Gasteiger partial charge on any atom is -0.359 e. The maximum atomic E-state index is 10.3. The van der Waals surface area contributed by atoms with E-state index >= 15 is 0 Å². The van der Waals surface area contributed by atoms with E-state index in [1.54, 1.807) is 21.1 Å². The zero-order chi connectivity index (χ0) is 32.0. The van der Waals surface area contributed by atoms with E-state index in [1.165, 1.54) is 39.9 Å². The van der Waals surface area contributed by atoms with E-state index in [1.807, 2.05) is 33.1 Å². The summed E-state index contributed by atoms with van der Waals surface area (Å²) in [7, 11) is 15.6. The van der Waals surface area contributed by atoms with Gasteiger partial charge in [-0.3, -0.25) is 9.59 Å². The Kier molecular flexibility index (Phi) is 48.8. The van der Waals surface area contributed by atoms with Gasteiger partial charge in [-0.15, -0.1) is 0 Å². The summed E-state index contributed by atoms with van der Waals surface area (Å²) in [6.07, 6.45) is 2.26. The van der Waals surface area contributed by atoms with Crippen molar-refractivity contribution in [2.24, 2.45) is 0 Å². The van der Waals surface area contributed by atoms with Crippen molar-refractivity contribution < 1.29 is 26.4 Å². The third kappa shape index (κ3) is 133. The van der Waals surface area contributed by atoms with E-state index in [4.69, 9.17) is 0 Å². The SMILES string of the molecule is CC(=O)N(C)C.CCN(C)C.CCNC.CN(C)C.CN(C)S(C)(=O)=O.CNC(C)=O.CNS(C)(=O)=O. The molecule has 0 aliphatic carbocycles. The minimum atomic E-state index is -2.91. The van der Waals surface area contributed by atoms with Crippen LogP contribution in [0, 0.1) is 0 Å². The molecule has 0 heterocycles. The minimum absolute atomic E-state index is 0.00463. The summed E-state index contributed by atoms with van der Waals surface area (Å²) in [6, 6.07) is 0. The number of carbonyl (C=O) groups excluding carboxylic acids is 2. The number of nitrogens with zero attached hydrogens (tertiary/aromatic N) is 4. The lowest BCUT2D eigenvalue weighted by molar-refractivity contribution is -0.126. The number of amides is 2. The Bertz CT molecular complexity index is 679. The molecule has 0 atom stereocenters. The zero-order valence-electron chi connectivity index (χ0n) is 27.0. The molecule has 0 saturated heterocycles. The molecule has 3 N–H and O–H groups in total. The van der Waals surface area contributed by atoms with Gasteiger partial charge in [-0.05, 0) is 62.4 Å². The highest BCUT2D eigenvalue weighted by atomic mass is 32.2. The Morgan fingerprint density at radius 3 is 0.892 bits per heavy atom. The van der Waals surface area contributed by atoms with Gasteiger partial charge in [0.15, 0.2) is 0 Å². The normalized spacial score (nSPS) is 9.54. The largest absolute Gasteiger partial charge is 0.359 e. The molecule has 37 heavy (non-hydrogen) atoms. The molecular formula is C22H61N7O6S2. The first-order valence-electron chi connectivity index (χ1n) is 11.4. The molecule has 13 nitrogen and oxygen atoms in total. The average molecular weight is 584 g/mol. The topological polar surface area (TPSA) is 151 Å². The van der Waals surface area contributed by atoms with Gasteiger partial charge in [-0.1, -0.05) is 13.8 Å². The summed E-state index contributed by atoms with van der Waals surface area (Å²) in [5.41, 5.74) is 0. The Labute approximate surface area is 230 Å². The molecule has 2 amide bonds. The van der Waals surface area contributed by atoms with E-state index in [-0.39, 0.29) is 11.8 Å². The molecule has 0 aliphatic rings. The van der Waals surface area contributed by atoms with Gasteiger partial charge in [0.2, 0.25) is 31.9 Å². The van der Waals surface area contributed by atoms with Gasteiger partial charge in [-0.2, -0.15) is 0 Å². The Morgan fingerprint density at radius 1 is 0.730 bits per heavy atom. The van der Waals surface area contributed by atoms with Crippen LogP contribution in [-0.4, -0.2) is 158 Å². The van der Waals surface area contributed by atoms with E-state index in [0.717, 1.165) is 29.9 Å². The fraction of sp³-hybridized carbons (Fsp3) is 0.909. The molecule has 0 aliphatic heterocycles. The number of rotatable bonds is 4. The lowest BCUT2D eigenvalue weighted by Crippen LogP contribution is -2.19. The monoisotopic (exact) mass is 583 g/mol. The lowest BCUT2D eigenvalue weighted by atomic mass is 10.7. The molecule has 0 unspecified atom stereocenters. The highest BCUT2D eigenvalue weighted by Crippen LogP contribution is 1.83. The van der Waals surface area contributed by atoms with E-state index < -0.39 is 20.0 Å². The van der Waals surface area contributed by atoms with Gasteiger partial charge < -0.3 is 25.3 Å². The number of sulfonamides is 2. The summed E-state index contributed by atoms with van der Waals surface area (Å²) in [4.78, 5) is 25.4. The molecular weight excluding hydrogens is 522 g/mol. The molecule has 232 valence electrons. The van der Waals surface area contributed by atoms with Crippen LogP contribution in [0.25, 0.3) is 0 Å². The summed E-state index contributed by atoms with van der Waals surface area (Å²) in [5, 5.41) is 5.32. The highest BCUT2D eigenvalue weighted by molar-refractivity contribution is 7.88. The molecule has 15 heteroatoms. The predicted octanol–water partition coefficient (Wildman–Crippen LogP) is -0.509. The van der Waals surface area contributed by atoms with Gasteiger partial charge in [0.25, 0.3) is 0 Å². The Hall–Kier alpha value is -1.36. The van der Waals surface area contributed by atoms with Gasteiger partial charge in [0.1, 0.15) is 0 Å². The van der Waals surface area contributed by atoms with Crippen LogP contribution in [0.15, 0.2) is 0 Å². The Balaban J connectivity index is -0.0000000573. The second-order valence-electron chi connectivity index (χ2n) is 8.19. The van der Waals surface area contributed by atoms with Crippen molar-refractivity contribution >= 4 is 31.9 Å². The van der Waals surface area contributed by atoms with Crippen molar-refractivity contribution in [2.45, 2.75) is 27.7 Å². The second kappa shape index (κ2) is 34.6. The van der Waals surface area contributed by atoms with Gasteiger partial charge in [-0.25, -0.2) is 25.9 Å². The van der Waals surface area contributed by atoms with Crippen molar-refractivity contribution in [1.29, 1.82) is 0 Å². The first-order valence-corrected chi connectivity index (χ1v) is 15.1. The summed E-state index contributed by atoms with van der Waals surface area (Å²) >= 11 is 0. The molecule has 0 spiro atoms. The first kappa shape index (κ1) is 52.1. The molecule has 0 bridgehead atoms. The fourth-order valence-corrected chi connectivity index (χ4v) is 0. The molecule has 0 aromatic carbocycles. The number of carbonyl (C=O) groups is 2. The molecule has 0 radical (unpaired) electrons. The molecule has 0 saturated carbocycles. The van der Waals surface area contributed by atoms with Crippen LogP contribution in [0.3, 0.4) is 0 Å². The molecule has 0 fully saturated rings. The van der Waals surface area contributed by atoms with Crippen LogP contribution in [0.2, 0.25) is 0 Å². The van der Waals surface area contributed by atoms with Crippen LogP contribution in [0.5, 0.6) is 0 Å². The number of nitrogens with one attached hydrogen (secondary N) is 3. The maximum absolute atomic E-state index is 10.3. The summed E-state index contributed by atoms with van der Waals surface area (Å²) in [5.74, 6) is 0.0972.